The molecule has 1 aliphatic rings. The number of nitrogens with zero attached hydrogens (tertiary/aromatic N) is 2. The molecule has 0 spiro atoms. The summed E-state index contributed by atoms with van der Waals surface area (Å²) in [6.45, 7) is 0. The van der Waals surface area contributed by atoms with Crippen LogP contribution in [-0.2, 0) is 6.42 Å². The molecule has 2 aromatic rings. The Morgan fingerprint density at radius 3 is 2.83 bits per heavy atom. The maximum atomic E-state index is 11.6. The highest BCUT2D eigenvalue weighted by Gasteiger charge is 2.18. The Hall–Kier alpha value is -3.22. The summed E-state index contributed by atoms with van der Waals surface area (Å²) in [5.74, 6) is 0.524. The predicted octanol–water partition coefficient (Wildman–Crippen LogP) is 2.65. The molecule has 0 radical (unpaired) electrons. The molecule has 1 heterocycles. The quantitative estimate of drug-likeness (QED) is 0.672. The van der Waals surface area contributed by atoms with E-state index in [0.29, 0.717) is 23.5 Å². The van der Waals surface area contributed by atoms with Gasteiger partial charge in [0.15, 0.2) is 0 Å². The van der Waals surface area contributed by atoms with Crippen LogP contribution in [0.3, 0.4) is 0 Å². The average molecular weight is 310 g/mol. The molecule has 2 N–H and O–H groups in total. The van der Waals surface area contributed by atoms with Crippen molar-refractivity contribution in [1.82, 2.24) is 5.32 Å². The van der Waals surface area contributed by atoms with Crippen molar-refractivity contribution in [3.8, 4) is 0 Å². The summed E-state index contributed by atoms with van der Waals surface area (Å²) in [5.41, 5.74) is 2.84. The van der Waals surface area contributed by atoms with Gasteiger partial charge in [0.05, 0.1) is 10.6 Å². The van der Waals surface area contributed by atoms with Crippen LogP contribution in [-0.4, -0.2) is 23.7 Å². The minimum atomic E-state index is -0.436. The molecule has 0 unspecified atom stereocenters. The number of rotatable bonds is 3. The van der Waals surface area contributed by atoms with E-state index in [9.17, 15) is 14.9 Å². The Bertz CT molecular complexity index is 830. The summed E-state index contributed by atoms with van der Waals surface area (Å²) in [7, 11) is 1.58. The standard InChI is InChI=1S/C16H14N4O3/c1-17-16(21)11-3-2-4-12(7-11)18-15-8-10-5-6-13(20(22)23)9-14(10)19-15/h2-7,9H,8H2,1H3,(H,17,21)(H,18,19). The number of aliphatic imine (C=N–C) groups is 1. The Labute approximate surface area is 132 Å². The highest BCUT2D eigenvalue weighted by molar-refractivity contribution is 6.03. The number of nitro benzene ring substituents is 1. The molecule has 23 heavy (non-hydrogen) atoms. The zero-order valence-corrected chi connectivity index (χ0v) is 12.4. The van der Waals surface area contributed by atoms with E-state index in [1.165, 1.54) is 12.1 Å². The smallest absolute Gasteiger partial charge is 0.271 e. The summed E-state index contributed by atoms with van der Waals surface area (Å²) in [6, 6.07) is 11.7. The van der Waals surface area contributed by atoms with E-state index in [2.05, 4.69) is 15.6 Å². The van der Waals surface area contributed by atoms with E-state index < -0.39 is 4.92 Å². The minimum Gasteiger partial charge on any atom is -0.355 e. The summed E-state index contributed by atoms with van der Waals surface area (Å²) in [5, 5.41) is 16.5. The number of carbonyl (C=O) groups is 1. The van der Waals surface area contributed by atoms with Gasteiger partial charge in [-0.15, -0.1) is 0 Å². The maximum absolute atomic E-state index is 11.6. The molecule has 1 aliphatic heterocycles. The number of nitrogens with one attached hydrogen (secondary N) is 2. The van der Waals surface area contributed by atoms with Crippen molar-refractivity contribution in [2.45, 2.75) is 6.42 Å². The topological polar surface area (TPSA) is 96.6 Å². The second-order valence-electron chi connectivity index (χ2n) is 5.09. The summed E-state index contributed by atoms with van der Waals surface area (Å²) < 4.78 is 0. The van der Waals surface area contributed by atoms with Crippen LogP contribution in [0.4, 0.5) is 17.1 Å². The number of anilines is 1. The van der Waals surface area contributed by atoms with Crippen molar-refractivity contribution in [2.75, 3.05) is 12.4 Å². The third-order valence-electron chi connectivity index (χ3n) is 3.53. The first-order chi connectivity index (χ1) is 11.1. The third kappa shape index (κ3) is 3.03. The zero-order chi connectivity index (χ0) is 16.4. The van der Waals surface area contributed by atoms with E-state index in [0.717, 1.165) is 11.3 Å². The van der Waals surface area contributed by atoms with E-state index in [4.69, 9.17) is 0 Å². The van der Waals surface area contributed by atoms with Crippen molar-refractivity contribution in [3.05, 3.63) is 63.7 Å². The second-order valence-corrected chi connectivity index (χ2v) is 5.09. The van der Waals surface area contributed by atoms with E-state index in [1.807, 2.05) is 6.07 Å². The third-order valence-corrected chi connectivity index (χ3v) is 3.53. The van der Waals surface area contributed by atoms with Gasteiger partial charge >= 0.3 is 0 Å². The van der Waals surface area contributed by atoms with Gasteiger partial charge in [-0.1, -0.05) is 6.07 Å². The molecule has 0 atom stereocenters. The largest absolute Gasteiger partial charge is 0.355 e. The van der Waals surface area contributed by atoms with Gasteiger partial charge in [0.1, 0.15) is 5.84 Å². The molecule has 7 heteroatoms. The van der Waals surface area contributed by atoms with Gasteiger partial charge in [0.2, 0.25) is 0 Å². The van der Waals surface area contributed by atoms with Crippen LogP contribution < -0.4 is 10.6 Å². The van der Waals surface area contributed by atoms with Crippen LogP contribution in [0.2, 0.25) is 0 Å². The van der Waals surface area contributed by atoms with Crippen molar-refractivity contribution in [3.63, 3.8) is 0 Å². The fourth-order valence-electron chi connectivity index (χ4n) is 2.41. The summed E-state index contributed by atoms with van der Waals surface area (Å²) >= 11 is 0. The lowest BCUT2D eigenvalue weighted by molar-refractivity contribution is -0.384. The molecule has 1 amide bonds. The first-order valence-corrected chi connectivity index (χ1v) is 7.01. The highest BCUT2D eigenvalue weighted by atomic mass is 16.6. The lowest BCUT2D eigenvalue weighted by atomic mass is 10.1. The van der Waals surface area contributed by atoms with Crippen molar-refractivity contribution >= 4 is 28.8 Å². The Kier molecular flexibility index (Phi) is 3.76. The van der Waals surface area contributed by atoms with Gasteiger partial charge in [0, 0.05) is 36.9 Å². The number of hydrogen-bond donors (Lipinski definition) is 2. The van der Waals surface area contributed by atoms with Crippen molar-refractivity contribution in [1.29, 1.82) is 0 Å². The predicted molar refractivity (Wildman–Crippen MR) is 87.4 cm³/mol. The normalized spacial score (nSPS) is 12.3. The Balaban J connectivity index is 1.81. The maximum Gasteiger partial charge on any atom is 0.271 e. The first kappa shape index (κ1) is 14.7. The highest BCUT2D eigenvalue weighted by Crippen LogP contribution is 2.30. The van der Waals surface area contributed by atoms with Crippen LogP contribution >= 0.6 is 0 Å². The van der Waals surface area contributed by atoms with Crippen LogP contribution in [0.15, 0.2) is 47.5 Å². The number of amidine groups is 1. The van der Waals surface area contributed by atoms with Gasteiger partial charge in [-0.2, -0.15) is 0 Å². The van der Waals surface area contributed by atoms with Crippen molar-refractivity contribution < 1.29 is 9.72 Å². The molecule has 0 saturated heterocycles. The lowest BCUT2D eigenvalue weighted by Crippen LogP contribution is -2.18. The number of benzene rings is 2. The number of non-ortho nitro benzene ring substituents is 1. The molecule has 3 rings (SSSR count). The number of fused-ring (bicyclic) bond motifs is 1. The number of nitro groups is 1. The molecular weight excluding hydrogens is 296 g/mol. The first-order valence-electron chi connectivity index (χ1n) is 7.01. The van der Waals surface area contributed by atoms with Crippen LogP contribution in [0.1, 0.15) is 15.9 Å². The zero-order valence-electron chi connectivity index (χ0n) is 12.4. The fraction of sp³-hybridized carbons (Fsp3) is 0.125. The molecule has 0 saturated carbocycles. The van der Waals surface area contributed by atoms with Gasteiger partial charge in [0.25, 0.3) is 11.6 Å². The molecule has 116 valence electrons. The van der Waals surface area contributed by atoms with Gasteiger partial charge in [-0.3, -0.25) is 14.9 Å². The van der Waals surface area contributed by atoms with E-state index >= 15 is 0 Å². The summed E-state index contributed by atoms with van der Waals surface area (Å²) in [6.07, 6.45) is 0.567. The van der Waals surface area contributed by atoms with Crippen molar-refractivity contribution in [2.24, 2.45) is 4.99 Å². The SMILES string of the molecule is CNC(=O)c1cccc(NC2=Nc3cc([N+](=O)[O-])ccc3C2)c1. The Morgan fingerprint density at radius 1 is 1.26 bits per heavy atom. The second kappa shape index (κ2) is 5.88. The van der Waals surface area contributed by atoms with Crippen LogP contribution in [0, 0.1) is 10.1 Å². The molecule has 0 bridgehead atoms. The molecule has 2 aromatic carbocycles. The number of hydrogen-bond acceptors (Lipinski definition) is 5. The lowest BCUT2D eigenvalue weighted by Gasteiger charge is -2.07. The molecule has 0 aromatic heterocycles. The van der Waals surface area contributed by atoms with E-state index in [-0.39, 0.29) is 11.6 Å². The molecule has 7 nitrogen and oxygen atoms in total. The molecule has 0 aliphatic carbocycles. The van der Waals surface area contributed by atoms with Gasteiger partial charge in [-0.25, -0.2) is 4.99 Å². The fourth-order valence-corrected chi connectivity index (χ4v) is 2.41. The average Bonchev–Trinajstić information content (AvgIpc) is 2.95. The molecule has 0 fully saturated rings. The van der Waals surface area contributed by atoms with Crippen LogP contribution in [0.25, 0.3) is 0 Å². The summed E-state index contributed by atoms with van der Waals surface area (Å²) in [4.78, 5) is 26.4. The Morgan fingerprint density at radius 2 is 2.09 bits per heavy atom. The van der Waals surface area contributed by atoms with E-state index in [1.54, 1.807) is 31.3 Å². The monoisotopic (exact) mass is 310 g/mol. The van der Waals surface area contributed by atoms with Crippen LogP contribution in [0.5, 0.6) is 0 Å². The minimum absolute atomic E-state index is 0.0235. The van der Waals surface area contributed by atoms with Gasteiger partial charge < -0.3 is 10.6 Å². The molecular formula is C16H14N4O3. The number of amides is 1. The number of carbonyl (C=O) groups excluding carboxylic acids is 1. The van der Waals surface area contributed by atoms with Gasteiger partial charge in [-0.05, 0) is 29.8 Å².